The van der Waals surface area contributed by atoms with Crippen LogP contribution in [0.3, 0.4) is 0 Å². The molecule has 1 amide bonds. The van der Waals surface area contributed by atoms with E-state index in [1.54, 1.807) is 18.2 Å². The van der Waals surface area contributed by atoms with E-state index in [2.05, 4.69) is 10.5 Å². The monoisotopic (exact) mass is 404 g/mol. The number of nitrogens with zero attached hydrogens (tertiary/aromatic N) is 1. The number of nitrogens with one attached hydrogen (secondary N) is 1. The van der Waals surface area contributed by atoms with Crippen molar-refractivity contribution in [3.8, 4) is 22.8 Å². The first kappa shape index (κ1) is 18.8. The topological polar surface area (TPSA) is 64.4 Å². The molecular weight excluding hydrogens is 388 g/mol. The molecule has 0 radical (unpaired) electrons. The number of ether oxygens (including phenoxy) is 1. The van der Waals surface area contributed by atoms with Crippen molar-refractivity contribution in [2.45, 2.75) is 6.54 Å². The van der Waals surface area contributed by atoms with Gasteiger partial charge >= 0.3 is 0 Å². The molecule has 0 atom stereocenters. The number of hydrogen-bond acceptors (Lipinski definition) is 4. The second-order valence-corrected chi connectivity index (χ2v) is 6.76. The van der Waals surface area contributed by atoms with Gasteiger partial charge < -0.3 is 14.6 Å². The third-order valence-corrected chi connectivity index (χ3v) is 4.48. The van der Waals surface area contributed by atoms with Crippen molar-refractivity contribution in [3.05, 3.63) is 101 Å². The van der Waals surface area contributed by atoms with Crippen molar-refractivity contribution in [2.75, 3.05) is 0 Å². The SMILES string of the molecule is O=C(NCc1ccc(Oc2ccccc2)cc1)c1cc(-c2ccc(Cl)cc2)on1. The Morgan fingerprint density at radius 2 is 1.62 bits per heavy atom. The summed E-state index contributed by atoms with van der Waals surface area (Å²) in [4.78, 5) is 12.3. The molecule has 0 unspecified atom stereocenters. The summed E-state index contributed by atoms with van der Waals surface area (Å²) in [5, 5.41) is 7.31. The first-order valence-corrected chi connectivity index (χ1v) is 9.38. The first-order valence-electron chi connectivity index (χ1n) is 9.00. The molecule has 144 valence electrons. The molecule has 4 rings (SSSR count). The third kappa shape index (κ3) is 4.83. The van der Waals surface area contributed by atoms with Gasteiger partial charge in [-0.3, -0.25) is 4.79 Å². The molecule has 1 aromatic heterocycles. The molecule has 5 nitrogen and oxygen atoms in total. The summed E-state index contributed by atoms with van der Waals surface area (Å²) in [6.45, 7) is 0.369. The Balaban J connectivity index is 1.34. The fraction of sp³-hybridized carbons (Fsp3) is 0.0435. The quantitative estimate of drug-likeness (QED) is 0.446. The van der Waals surface area contributed by atoms with Crippen LogP contribution in [0.2, 0.25) is 5.02 Å². The minimum absolute atomic E-state index is 0.221. The maximum Gasteiger partial charge on any atom is 0.273 e. The normalized spacial score (nSPS) is 10.5. The standard InChI is InChI=1S/C23H17ClN2O3/c24-18-10-8-17(9-11-18)22-14-21(26-29-22)23(27)25-15-16-6-12-20(13-7-16)28-19-4-2-1-3-5-19/h1-14H,15H2,(H,25,27). The van der Waals surface area contributed by atoms with E-state index < -0.39 is 0 Å². The zero-order chi connectivity index (χ0) is 20.1. The Kier molecular flexibility index (Phi) is 5.59. The molecule has 0 spiro atoms. The van der Waals surface area contributed by atoms with Crippen molar-refractivity contribution in [1.82, 2.24) is 10.5 Å². The van der Waals surface area contributed by atoms with Gasteiger partial charge in [-0.25, -0.2) is 0 Å². The molecule has 0 bridgehead atoms. The molecule has 6 heteroatoms. The van der Waals surface area contributed by atoms with Gasteiger partial charge in [0.1, 0.15) is 11.5 Å². The van der Waals surface area contributed by atoms with Crippen LogP contribution in [0.15, 0.2) is 89.5 Å². The number of amides is 1. The highest BCUT2D eigenvalue weighted by molar-refractivity contribution is 6.30. The van der Waals surface area contributed by atoms with E-state index in [0.29, 0.717) is 17.3 Å². The lowest BCUT2D eigenvalue weighted by Gasteiger charge is -2.07. The van der Waals surface area contributed by atoms with E-state index in [4.69, 9.17) is 20.9 Å². The molecule has 4 aromatic rings. The fourth-order valence-corrected chi connectivity index (χ4v) is 2.83. The van der Waals surface area contributed by atoms with Crippen LogP contribution in [-0.4, -0.2) is 11.1 Å². The van der Waals surface area contributed by atoms with Crippen LogP contribution in [-0.2, 0) is 6.54 Å². The zero-order valence-electron chi connectivity index (χ0n) is 15.3. The van der Waals surface area contributed by atoms with E-state index in [9.17, 15) is 4.79 Å². The number of carbonyl (C=O) groups excluding carboxylic acids is 1. The van der Waals surface area contributed by atoms with Crippen LogP contribution >= 0.6 is 11.6 Å². The molecule has 0 fully saturated rings. The van der Waals surface area contributed by atoms with Gasteiger partial charge in [-0.2, -0.15) is 0 Å². The summed E-state index contributed by atoms with van der Waals surface area (Å²) >= 11 is 5.89. The van der Waals surface area contributed by atoms with Crippen molar-refractivity contribution in [2.24, 2.45) is 0 Å². The molecule has 0 saturated heterocycles. The van der Waals surface area contributed by atoms with Gasteiger partial charge in [-0.05, 0) is 54.1 Å². The highest BCUT2D eigenvalue weighted by atomic mass is 35.5. The Hall–Kier alpha value is -3.57. The Morgan fingerprint density at radius 1 is 0.931 bits per heavy atom. The largest absolute Gasteiger partial charge is 0.457 e. The summed E-state index contributed by atoms with van der Waals surface area (Å²) in [7, 11) is 0. The van der Waals surface area contributed by atoms with Crippen molar-refractivity contribution >= 4 is 17.5 Å². The minimum atomic E-state index is -0.307. The van der Waals surface area contributed by atoms with E-state index in [0.717, 1.165) is 22.6 Å². The number of carbonyl (C=O) groups is 1. The van der Waals surface area contributed by atoms with Gasteiger partial charge in [0.25, 0.3) is 5.91 Å². The molecule has 3 aromatic carbocycles. The number of para-hydroxylation sites is 1. The average Bonchev–Trinajstić information content (AvgIpc) is 3.25. The highest BCUT2D eigenvalue weighted by Gasteiger charge is 2.13. The molecule has 1 N–H and O–H groups in total. The lowest BCUT2D eigenvalue weighted by Crippen LogP contribution is -2.22. The Bertz CT molecular complexity index is 1090. The van der Waals surface area contributed by atoms with Crippen LogP contribution in [0, 0.1) is 0 Å². The van der Waals surface area contributed by atoms with Crippen LogP contribution in [0.25, 0.3) is 11.3 Å². The average molecular weight is 405 g/mol. The maximum atomic E-state index is 12.3. The molecule has 29 heavy (non-hydrogen) atoms. The minimum Gasteiger partial charge on any atom is -0.457 e. The van der Waals surface area contributed by atoms with E-state index in [1.807, 2.05) is 66.7 Å². The molecule has 0 saturated carbocycles. The van der Waals surface area contributed by atoms with Gasteiger partial charge in [0.05, 0.1) is 0 Å². The number of rotatable bonds is 6. The van der Waals surface area contributed by atoms with Crippen molar-refractivity contribution in [1.29, 1.82) is 0 Å². The second kappa shape index (κ2) is 8.63. The third-order valence-electron chi connectivity index (χ3n) is 4.23. The Labute approximate surface area is 172 Å². The van der Waals surface area contributed by atoms with E-state index in [1.165, 1.54) is 0 Å². The highest BCUT2D eigenvalue weighted by Crippen LogP contribution is 2.23. The first-order chi connectivity index (χ1) is 14.2. The summed E-state index contributed by atoms with van der Waals surface area (Å²) < 4.78 is 11.0. The molecular formula is C23H17ClN2O3. The number of halogens is 1. The smallest absolute Gasteiger partial charge is 0.273 e. The summed E-state index contributed by atoms with van der Waals surface area (Å²) in [5.41, 5.74) is 1.97. The lowest BCUT2D eigenvalue weighted by molar-refractivity contribution is 0.0942. The van der Waals surface area contributed by atoms with Gasteiger partial charge in [0.2, 0.25) is 0 Å². The molecule has 1 heterocycles. The van der Waals surface area contributed by atoms with Crippen LogP contribution < -0.4 is 10.1 Å². The predicted molar refractivity (Wildman–Crippen MR) is 111 cm³/mol. The summed E-state index contributed by atoms with van der Waals surface area (Å²) in [6, 6.07) is 25.8. The van der Waals surface area contributed by atoms with Crippen LogP contribution in [0.1, 0.15) is 16.1 Å². The predicted octanol–water partition coefficient (Wildman–Crippen LogP) is 5.72. The van der Waals surface area contributed by atoms with Crippen molar-refractivity contribution in [3.63, 3.8) is 0 Å². The lowest BCUT2D eigenvalue weighted by atomic mass is 10.1. The van der Waals surface area contributed by atoms with Gasteiger partial charge in [-0.1, -0.05) is 47.1 Å². The van der Waals surface area contributed by atoms with Crippen LogP contribution in [0.4, 0.5) is 0 Å². The number of aromatic nitrogens is 1. The Morgan fingerprint density at radius 3 is 2.34 bits per heavy atom. The van der Waals surface area contributed by atoms with E-state index in [-0.39, 0.29) is 11.6 Å². The van der Waals surface area contributed by atoms with Crippen molar-refractivity contribution < 1.29 is 14.1 Å². The molecule has 0 aliphatic carbocycles. The second-order valence-electron chi connectivity index (χ2n) is 6.33. The molecule has 0 aliphatic rings. The maximum absolute atomic E-state index is 12.3. The van der Waals surface area contributed by atoms with Crippen LogP contribution in [0.5, 0.6) is 11.5 Å². The molecule has 0 aliphatic heterocycles. The number of hydrogen-bond donors (Lipinski definition) is 1. The summed E-state index contributed by atoms with van der Waals surface area (Å²) in [5.74, 6) is 1.71. The summed E-state index contributed by atoms with van der Waals surface area (Å²) in [6.07, 6.45) is 0. The zero-order valence-corrected chi connectivity index (χ0v) is 16.1. The number of benzene rings is 3. The van der Waals surface area contributed by atoms with Gasteiger partial charge in [0.15, 0.2) is 11.5 Å². The van der Waals surface area contributed by atoms with E-state index >= 15 is 0 Å². The fourth-order valence-electron chi connectivity index (χ4n) is 2.71. The van der Waals surface area contributed by atoms with Gasteiger partial charge in [0, 0.05) is 23.2 Å². The van der Waals surface area contributed by atoms with Gasteiger partial charge in [-0.15, -0.1) is 0 Å².